The maximum Gasteiger partial charge on any atom is 0.123 e. The Labute approximate surface area is 120 Å². The Morgan fingerprint density at radius 2 is 2.35 bits per heavy atom. The van der Waals surface area contributed by atoms with Crippen LogP contribution in [-0.4, -0.2) is 37.2 Å². The molecule has 112 valence electrons. The van der Waals surface area contributed by atoms with E-state index in [2.05, 4.69) is 17.2 Å². The van der Waals surface area contributed by atoms with E-state index in [1.54, 1.807) is 12.1 Å². The van der Waals surface area contributed by atoms with E-state index in [4.69, 9.17) is 10.6 Å². The predicted molar refractivity (Wildman–Crippen MR) is 77.7 cm³/mol. The van der Waals surface area contributed by atoms with E-state index in [9.17, 15) is 4.39 Å². The lowest BCUT2D eigenvalue weighted by Crippen LogP contribution is -2.49. The van der Waals surface area contributed by atoms with Crippen LogP contribution in [0, 0.1) is 12.7 Å². The quantitative estimate of drug-likeness (QED) is 0.638. The molecule has 20 heavy (non-hydrogen) atoms. The number of hydrogen-bond acceptors (Lipinski definition) is 4. The normalized spacial score (nSPS) is 21.9. The van der Waals surface area contributed by atoms with Crippen molar-refractivity contribution in [2.45, 2.75) is 32.4 Å². The van der Waals surface area contributed by atoms with E-state index >= 15 is 0 Å². The number of nitrogens with two attached hydrogens (primary N) is 1. The molecule has 3 N–H and O–H groups in total. The second kappa shape index (κ2) is 7.13. The lowest BCUT2D eigenvalue weighted by atomic mass is 9.96. The van der Waals surface area contributed by atoms with Gasteiger partial charge in [-0.2, -0.15) is 0 Å². The molecule has 1 fully saturated rings. The molecule has 4 nitrogen and oxygen atoms in total. The van der Waals surface area contributed by atoms with Gasteiger partial charge in [0.2, 0.25) is 0 Å². The lowest BCUT2D eigenvalue weighted by Gasteiger charge is -2.37. The number of nitrogens with zero attached hydrogens (tertiary/aromatic N) is 1. The van der Waals surface area contributed by atoms with Crippen molar-refractivity contribution >= 4 is 0 Å². The molecule has 1 aliphatic rings. The summed E-state index contributed by atoms with van der Waals surface area (Å²) >= 11 is 0. The second-order valence-corrected chi connectivity index (χ2v) is 5.36. The Bertz CT molecular complexity index is 439. The molecule has 0 saturated carbocycles. The summed E-state index contributed by atoms with van der Waals surface area (Å²) in [6, 6.07) is 4.60. The van der Waals surface area contributed by atoms with Crippen molar-refractivity contribution in [3.63, 3.8) is 0 Å². The molecule has 0 aliphatic carbocycles. The molecule has 0 spiro atoms. The Morgan fingerprint density at radius 3 is 3.05 bits per heavy atom. The van der Waals surface area contributed by atoms with E-state index in [1.165, 1.54) is 6.07 Å². The summed E-state index contributed by atoms with van der Waals surface area (Å²) in [4.78, 5) is 2.37. The Hall–Kier alpha value is -1.01. The van der Waals surface area contributed by atoms with Crippen molar-refractivity contribution in [1.29, 1.82) is 0 Å². The monoisotopic (exact) mass is 281 g/mol. The standard InChI is InChI=1S/C15H24FN3O/c1-3-6-19-7-8-20-14(10-19)15(18-17)13-9-12(16)5-4-11(13)2/h4-5,9,14-15,18H,3,6-8,10,17H2,1-2H3. The second-order valence-electron chi connectivity index (χ2n) is 5.36. The molecule has 1 aromatic rings. The zero-order valence-electron chi connectivity index (χ0n) is 12.2. The Balaban J connectivity index is 2.16. The average molecular weight is 281 g/mol. The molecule has 0 aromatic heterocycles. The van der Waals surface area contributed by atoms with Crippen LogP contribution in [0.15, 0.2) is 18.2 Å². The molecular formula is C15H24FN3O. The summed E-state index contributed by atoms with van der Waals surface area (Å²) in [5.74, 6) is 5.46. The van der Waals surface area contributed by atoms with Gasteiger partial charge in [0.25, 0.3) is 0 Å². The van der Waals surface area contributed by atoms with E-state index in [1.807, 2.05) is 6.92 Å². The van der Waals surface area contributed by atoms with Crippen molar-refractivity contribution in [2.24, 2.45) is 5.84 Å². The largest absolute Gasteiger partial charge is 0.374 e. The van der Waals surface area contributed by atoms with Gasteiger partial charge in [0.1, 0.15) is 5.82 Å². The number of hydrazine groups is 1. The number of aryl methyl sites for hydroxylation is 1. The van der Waals surface area contributed by atoms with Crippen LogP contribution in [0.25, 0.3) is 0 Å². The van der Waals surface area contributed by atoms with Crippen molar-refractivity contribution in [3.05, 3.63) is 35.1 Å². The first-order chi connectivity index (χ1) is 9.65. The molecule has 0 radical (unpaired) electrons. The van der Waals surface area contributed by atoms with E-state index in [-0.39, 0.29) is 18.0 Å². The van der Waals surface area contributed by atoms with Crippen LogP contribution in [0.2, 0.25) is 0 Å². The molecule has 0 bridgehead atoms. The number of morpholine rings is 1. The van der Waals surface area contributed by atoms with Crippen molar-refractivity contribution in [1.82, 2.24) is 10.3 Å². The van der Waals surface area contributed by atoms with Gasteiger partial charge >= 0.3 is 0 Å². The summed E-state index contributed by atoms with van der Waals surface area (Å²) in [5.41, 5.74) is 4.69. The number of rotatable bonds is 5. The fraction of sp³-hybridized carbons (Fsp3) is 0.600. The van der Waals surface area contributed by atoms with Gasteiger partial charge in [0.15, 0.2) is 0 Å². The summed E-state index contributed by atoms with van der Waals surface area (Å²) < 4.78 is 19.3. The van der Waals surface area contributed by atoms with Crippen LogP contribution in [-0.2, 0) is 4.74 Å². The van der Waals surface area contributed by atoms with Gasteiger partial charge in [-0.05, 0) is 43.1 Å². The van der Waals surface area contributed by atoms with Crippen LogP contribution < -0.4 is 11.3 Å². The SMILES string of the molecule is CCCN1CCOC(C(NN)c2cc(F)ccc2C)C1. The van der Waals surface area contributed by atoms with Gasteiger partial charge in [-0.25, -0.2) is 4.39 Å². The third-order valence-corrected chi connectivity index (χ3v) is 3.85. The number of ether oxygens (including phenoxy) is 1. The molecule has 1 aliphatic heterocycles. The molecule has 2 rings (SSSR count). The topological polar surface area (TPSA) is 50.5 Å². The van der Waals surface area contributed by atoms with Crippen LogP contribution in [0.3, 0.4) is 0 Å². The highest BCUT2D eigenvalue weighted by Gasteiger charge is 2.29. The lowest BCUT2D eigenvalue weighted by molar-refractivity contribution is -0.0472. The summed E-state index contributed by atoms with van der Waals surface area (Å²) in [6.07, 6.45) is 1.06. The molecule has 5 heteroatoms. The first-order valence-electron chi connectivity index (χ1n) is 7.21. The molecular weight excluding hydrogens is 257 g/mol. The first kappa shape index (κ1) is 15.4. The minimum Gasteiger partial charge on any atom is -0.374 e. The minimum absolute atomic E-state index is 0.0548. The fourth-order valence-corrected chi connectivity index (χ4v) is 2.80. The van der Waals surface area contributed by atoms with Crippen molar-refractivity contribution in [2.75, 3.05) is 26.2 Å². The summed E-state index contributed by atoms with van der Waals surface area (Å²) in [5, 5.41) is 0. The van der Waals surface area contributed by atoms with Gasteiger partial charge in [0, 0.05) is 13.1 Å². The molecule has 0 amide bonds. The molecule has 1 aromatic carbocycles. The maximum absolute atomic E-state index is 13.5. The smallest absolute Gasteiger partial charge is 0.123 e. The van der Waals surface area contributed by atoms with Crippen molar-refractivity contribution < 1.29 is 9.13 Å². The molecule has 1 heterocycles. The zero-order chi connectivity index (χ0) is 14.5. The highest BCUT2D eigenvalue weighted by molar-refractivity contribution is 5.30. The summed E-state index contributed by atoms with van der Waals surface area (Å²) in [7, 11) is 0. The van der Waals surface area contributed by atoms with Crippen LogP contribution >= 0.6 is 0 Å². The van der Waals surface area contributed by atoms with E-state index < -0.39 is 0 Å². The van der Waals surface area contributed by atoms with Gasteiger partial charge in [0.05, 0.1) is 18.8 Å². The van der Waals surface area contributed by atoms with E-state index in [0.29, 0.717) is 6.61 Å². The van der Waals surface area contributed by atoms with Crippen LogP contribution in [0.1, 0.15) is 30.5 Å². The van der Waals surface area contributed by atoms with Crippen molar-refractivity contribution in [3.8, 4) is 0 Å². The first-order valence-corrected chi connectivity index (χ1v) is 7.21. The highest BCUT2D eigenvalue weighted by Crippen LogP contribution is 2.25. The minimum atomic E-state index is -0.243. The number of nitrogens with one attached hydrogen (secondary N) is 1. The third kappa shape index (κ3) is 3.55. The number of hydrogen-bond donors (Lipinski definition) is 2. The third-order valence-electron chi connectivity index (χ3n) is 3.85. The van der Waals surface area contributed by atoms with Gasteiger partial charge in [-0.1, -0.05) is 13.0 Å². The number of benzene rings is 1. The molecule has 2 unspecified atom stereocenters. The van der Waals surface area contributed by atoms with Crippen LogP contribution in [0.4, 0.5) is 4.39 Å². The Kier molecular flexibility index (Phi) is 5.48. The number of halogens is 1. The molecule has 1 saturated heterocycles. The summed E-state index contributed by atoms with van der Waals surface area (Å²) in [6.45, 7) is 7.64. The van der Waals surface area contributed by atoms with Gasteiger partial charge in [-0.3, -0.25) is 16.2 Å². The van der Waals surface area contributed by atoms with Gasteiger partial charge in [-0.15, -0.1) is 0 Å². The van der Waals surface area contributed by atoms with Crippen LogP contribution in [0.5, 0.6) is 0 Å². The zero-order valence-corrected chi connectivity index (χ0v) is 12.2. The molecule has 2 atom stereocenters. The average Bonchev–Trinajstić information content (AvgIpc) is 2.44. The van der Waals surface area contributed by atoms with Gasteiger partial charge < -0.3 is 4.74 Å². The maximum atomic E-state index is 13.5. The fourth-order valence-electron chi connectivity index (χ4n) is 2.80. The predicted octanol–water partition coefficient (Wildman–Crippen LogP) is 1.75. The highest BCUT2D eigenvalue weighted by atomic mass is 19.1. The van der Waals surface area contributed by atoms with E-state index in [0.717, 1.165) is 37.2 Å². The Morgan fingerprint density at radius 1 is 1.55 bits per heavy atom.